The number of carbonyl (C=O) groups excluding carboxylic acids is 1. The summed E-state index contributed by atoms with van der Waals surface area (Å²) < 4.78 is 47.9. The molecule has 6 rings (SSSR count). The van der Waals surface area contributed by atoms with Crippen LogP contribution in [-0.2, 0) is 18.3 Å². The second-order valence-electron chi connectivity index (χ2n) is 10.1. The fraction of sp³-hybridized carbons (Fsp3) is 0.118. The molecule has 7 nitrogen and oxygen atoms in total. The van der Waals surface area contributed by atoms with Crippen LogP contribution in [0.3, 0.4) is 0 Å². The summed E-state index contributed by atoms with van der Waals surface area (Å²) in [4.78, 5) is 17.6. The van der Waals surface area contributed by atoms with Crippen molar-refractivity contribution in [3.05, 3.63) is 161 Å². The standard InChI is InChI=1S/C34H26F3N5O2S/c35-34(36,37)26-17-10-18-27(20-26)42-29(19-23-11-4-1-5-12-23)40-41-33(42)45-22-30-38-28(21-44-30)32(43)39-31(24-13-6-2-7-14-24)25-15-8-3-9-16-25/h1-18,20-21,31H,19,22H2,(H,39,43). The van der Waals surface area contributed by atoms with Crippen LogP contribution in [0.5, 0.6) is 0 Å². The van der Waals surface area contributed by atoms with Gasteiger partial charge >= 0.3 is 6.18 Å². The lowest BCUT2D eigenvalue weighted by atomic mass is 9.98. The molecule has 0 fully saturated rings. The van der Waals surface area contributed by atoms with Crippen LogP contribution in [0.2, 0.25) is 0 Å². The molecule has 1 amide bonds. The lowest BCUT2D eigenvalue weighted by Gasteiger charge is -2.19. The first-order valence-electron chi connectivity index (χ1n) is 14.0. The van der Waals surface area contributed by atoms with E-state index in [2.05, 4.69) is 20.5 Å². The molecule has 11 heteroatoms. The predicted octanol–water partition coefficient (Wildman–Crippen LogP) is 7.68. The van der Waals surface area contributed by atoms with Gasteiger partial charge in [-0.15, -0.1) is 10.2 Å². The van der Waals surface area contributed by atoms with E-state index in [1.54, 1.807) is 10.6 Å². The van der Waals surface area contributed by atoms with E-state index >= 15 is 0 Å². The molecule has 0 unspecified atom stereocenters. The Morgan fingerprint density at radius 2 is 1.49 bits per heavy atom. The molecule has 0 radical (unpaired) electrons. The lowest BCUT2D eigenvalue weighted by molar-refractivity contribution is -0.137. The largest absolute Gasteiger partial charge is 0.447 e. The van der Waals surface area contributed by atoms with Gasteiger partial charge < -0.3 is 9.73 Å². The van der Waals surface area contributed by atoms with E-state index in [1.807, 2.05) is 91.0 Å². The molecular formula is C34H26F3N5O2S. The number of nitrogens with zero attached hydrogens (tertiary/aromatic N) is 4. The molecule has 1 N–H and O–H groups in total. The van der Waals surface area contributed by atoms with Crippen molar-refractivity contribution in [2.45, 2.75) is 29.5 Å². The van der Waals surface area contributed by atoms with E-state index in [4.69, 9.17) is 4.42 Å². The number of aromatic nitrogens is 4. The number of oxazole rings is 1. The highest BCUT2D eigenvalue weighted by Gasteiger charge is 2.31. The summed E-state index contributed by atoms with van der Waals surface area (Å²) in [5.41, 5.74) is 2.37. The summed E-state index contributed by atoms with van der Waals surface area (Å²) in [6.45, 7) is 0. The minimum Gasteiger partial charge on any atom is -0.447 e. The number of nitrogens with one attached hydrogen (secondary N) is 1. The van der Waals surface area contributed by atoms with E-state index in [1.165, 1.54) is 24.1 Å². The van der Waals surface area contributed by atoms with Crippen molar-refractivity contribution in [2.75, 3.05) is 0 Å². The average molecular weight is 626 g/mol. The molecule has 0 aliphatic heterocycles. The Kier molecular flexibility index (Phi) is 8.79. The van der Waals surface area contributed by atoms with E-state index in [9.17, 15) is 18.0 Å². The van der Waals surface area contributed by atoms with Crippen LogP contribution in [0, 0.1) is 0 Å². The molecule has 2 aromatic heterocycles. The molecule has 6 aromatic rings. The first kappa shape index (κ1) is 29.9. The SMILES string of the molecule is O=C(NC(c1ccccc1)c1ccccc1)c1coc(CSc2nnc(Cc3ccccc3)n2-c2cccc(C(F)(F)F)c2)n1. The van der Waals surface area contributed by atoms with Crippen LogP contribution < -0.4 is 5.32 Å². The number of halogens is 3. The monoisotopic (exact) mass is 625 g/mol. The summed E-state index contributed by atoms with van der Waals surface area (Å²) in [6, 6.07) is 33.3. The number of rotatable bonds is 10. The van der Waals surface area contributed by atoms with Crippen LogP contribution in [0.4, 0.5) is 13.2 Å². The number of benzene rings is 4. The van der Waals surface area contributed by atoms with Crippen LogP contribution in [-0.4, -0.2) is 25.7 Å². The number of hydrogen-bond acceptors (Lipinski definition) is 6. The molecule has 45 heavy (non-hydrogen) atoms. The summed E-state index contributed by atoms with van der Waals surface area (Å²) >= 11 is 1.19. The minimum atomic E-state index is -4.51. The maximum atomic E-state index is 13.6. The van der Waals surface area contributed by atoms with E-state index in [0.29, 0.717) is 17.4 Å². The van der Waals surface area contributed by atoms with Gasteiger partial charge in [-0.3, -0.25) is 9.36 Å². The second-order valence-corrected chi connectivity index (χ2v) is 11.0. The smallest absolute Gasteiger partial charge is 0.416 e. The average Bonchev–Trinajstić information content (AvgIpc) is 3.71. The summed E-state index contributed by atoms with van der Waals surface area (Å²) in [5.74, 6) is 0.480. The highest BCUT2D eigenvalue weighted by molar-refractivity contribution is 7.98. The van der Waals surface area contributed by atoms with Crippen molar-refractivity contribution in [2.24, 2.45) is 0 Å². The predicted molar refractivity (Wildman–Crippen MR) is 164 cm³/mol. The Bertz CT molecular complexity index is 1840. The van der Waals surface area contributed by atoms with E-state index in [-0.39, 0.29) is 23.0 Å². The van der Waals surface area contributed by atoms with Crippen molar-refractivity contribution in [3.63, 3.8) is 0 Å². The fourth-order valence-electron chi connectivity index (χ4n) is 4.83. The molecule has 0 aliphatic rings. The third-order valence-corrected chi connectivity index (χ3v) is 7.90. The lowest BCUT2D eigenvalue weighted by Crippen LogP contribution is -2.29. The molecule has 226 valence electrons. The van der Waals surface area contributed by atoms with Gasteiger partial charge in [0.05, 0.1) is 23.0 Å². The third kappa shape index (κ3) is 7.15. The number of thioether (sulfide) groups is 1. The quantitative estimate of drug-likeness (QED) is 0.157. The Labute approximate surface area is 261 Å². The van der Waals surface area contributed by atoms with Gasteiger partial charge in [0.2, 0.25) is 5.89 Å². The maximum Gasteiger partial charge on any atom is 0.416 e. The summed E-state index contributed by atoms with van der Waals surface area (Å²) in [5, 5.41) is 12.0. The molecule has 4 aromatic carbocycles. The molecule has 2 heterocycles. The molecule has 0 bridgehead atoms. The molecule has 0 saturated heterocycles. The van der Waals surface area contributed by atoms with E-state index < -0.39 is 23.7 Å². The molecular weight excluding hydrogens is 599 g/mol. The number of hydrogen-bond donors (Lipinski definition) is 1. The summed E-state index contributed by atoms with van der Waals surface area (Å²) in [6.07, 6.45) is -2.86. The van der Waals surface area contributed by atoms with Crippen LogP contribution >= 0.6 is 11.8 Å². The zero-order valence-electron chi connectivity index (χ0n) is 23.7. The highest BCUT2D eigenvalue weighted by Crippen LogP contribution is 2.32. The first-order chi connectivity index (χ1) is 21.8. The van der Waals surface area contributed by atoms with Crippen molar-refractivity contribution in [3.8, 4) is 5.69 Å². The number of alkyl halides is 3. The summed E-state index contributed by atoms with van der Waals surface area (Å²) in [7, 11) is 0. The molecule has 0 atom stereocenters. The van der Waals surface area contributed by atoms with Gasteiger partial charge in [-0.1, -0.05) is 109 Å². The fourth-order valence-corrected chi connectivity index (χ4v) is 5.65. The Hall–Kier alpha value is -5.16. The Balaban J connectivity index is 1.22. The second kappa shape index (κ2) is 13.2. The van der Waals surface area contributed by atoms with Gasteiger partial charge in [-0.05, 0) is 34.9 Å². The van der Waals surface area contributed by atoms with Crippen LogP contribution in [0.1, 0.15) is 50.5 Å². The van der Waals surface area contributed by atoms with Crippen molar-refractivity contribution in [1.29, 1.82) is 0 Å². The molecule has 0 aliphatic carbocycles. The number of carbonyl (C=O) groups is 1. The van der Waals surface area contributed by atoms with Crippen molar-refractivity contribution < 1.29 is 22.4 Å². The van der Waals surface area contributed by atoms with Gasteiger partial charge in [0.1, 0.15) is 12.1 Å². The molecule has 0 spiro atoms. The van der Waals surface area contributed by atoms with Gasteiger partial charge in [0, 0.05) is 6.42 Å². The third-order valence-electron chi connectivity index (χ3n) is 6.99. The van der Waals surface area contributed by atoms with Crippen molar-refractivity contribution in [1.82, 2.24) is 25.1 Å². The van der Waals surface area contributed by atoms with Crippen LogP contribution in [0.15, 0.2) is 131 Å². The Morgan fingerprint density at radius 3 is 2.13 bits per heavy atom. The van der Waals surface area contributed by atoms with Gasteiger partial charge in [-0.25, -0.2) is 4.98 Å². The number of amides is 1. The van der Waals surface area contributed by atoms with Crippen molar-refractivity contribution >= 4 is 17.7 Å². The minimum absolute atomic E-state index is 0.103. The Morgan fingerprint density at radius 1 is 0.844 bits per heavy atom. The van der Waals surface area contributed by atoms with Crippen LogP contribution in [0.25, 0.3) is 5.69 Å². The van der Waals surface area contributed by atoms with E-state index in [0.717, 1.165) is 28.8 Å². The zero-order chi connectivity index (χ0) is 31.2. The maximum absolute atomic E-state index is 13.6. The van der Waals surface area contributed by atoms with Gasteiger partial charge in [0.15, 0.2) is 10.9 Å². The first-order valence-corrected chi connectivity index (χ1v) is 15.0. The zero-order valence-corrected chi connectivity index (χ0v) is 24.5. The van der Waals surface area contributed by atoms with Gasteiger partial charge in [-0.2, -0.15) is 13.2 Å². The molecule has 0 saturated carbocycles. The normalized spacial score (nSPS) is 11.6. The van der Waals surface area contributed by atoms with Gasteiger partial charge in [0.25, 0.3) is 5.91 Å². The topological polar surface area (TPSA) is 85.8 Å². The highest BCUT2D eigenvalue weighted by atomic mass is 32.2.